The van der Waals surface area contributed by atoms with Crippen LogP contribution in [0.25, 0.3) is 10.9 Å². The van der Waals surface area contributed by atoms with Crippen LogP contribution >= 0.6 is 0 Å². The van der Waals surface area contributed by atoms with Crippen LogP contribution in [0.15, 0.2) is 18.3 Å². The molecule has 0 aliphatic carbocycles. The molecule has 0 spiro atoms. The number of nitrogens with zero attached hydrogens (tertiary/aromatic N) is 1. The minimum Gasteiger partial charge on any atom is -0.493 e. The van der Waals surface area contributed by atoms with Crippen LogP contribution in [-0.4, -0.2) is 43.6 Å². The Bertz CT molecular complexity index is 634. The first kappa shape index (κ1) is 15.2. The molecule has 21 heavy (non-hydrogen) atoms. The lowest BCUT2D eigenvalue weighted by molar-refractivity contribution is 0.0795. The minimum absolute atomic E-state index is 0.0157. The zero-order chi connectivity index (χ0) is 15.4. The topological polar surface area (TPSA) is 54.6 Å². The van der Waals surface area contributed by atoms with Gasteiger partial charge in [-0.15, -0.1) is 0 Å². The van der Waals surface area contributed by atoms with E-state index >= 15 is 0 Å². The van der Waals surface area contributed by atoms with E-state index < -0.39 is 0 Å². The number of amides is 1. The Kier molecular flexibility index (Phi) is 4.73. The molecule has 2 aromatic rings. The van der Waals surface area contributed by atoms with Crippen molar-refractivity contribution in [3.8, 4) is 11.5 Å². The Morgan fingerprint density at radius 3 is 2.52 bits per heavy atom. The molecular formula is C16H22N2O3. The first-order valence-electron chi connectivity index (χ1n) is 7.11. The van der Waals surface area contributed by atoms with E-state index in [9.17, 15) is 4.79 Å². The van der Waals surface area contributed by atoms with Gasteiger partial charge in [0.25, 0.3) is 5.91 Å². The number of fused-ring (bicyclic) bond motifs is 1. The first-order valence-corrected chi connectivity index (χ1v) is 7.11. The van der Waals surface area contributed by atoms with Crippen LogP contribution in [0.2, 0.25) is 0 Å². The fourth-order valence-electron chi connectivity index (χ4n) is 2.33. The number of methoxy groups -OCH3 is 2. The van der Waals surface area contributed by atoms with Gasteiger partial charge in [0.2, 0.25) is 0 Å². The largest absolute Gasteiger partial charge is 0.493 e. The van der Waals surface area contributed by atoms with E-state index in [4.69, 9.17) is 9.47 Å². The van der Waals surface area contributed by atoms with Gasteiger partial charge in [0.15, 0.2) is 11.5 Å². The van der Waals surface area contributed by atoms with Gasteiger partial charge in [-0.1, -0.05) is 13.3 Å². The number of hydrogen-bond acceptors (Lipinski definition) is 3. The van der Waals surface area contributed by atoms with Crippen molar-refractivity contribution in [2.75, 3.05) is 27.8 Å². The molecule has 0 radical (unpaired) electrons. The number of unbranched alkanes of at least 4 members (excludes halogenated alkanes) is 1. The molecule has 1 amide bonds. The third-order valence-electron chi connectivity index (χ3n) is 3.61. The van der Waals surface area contributed by atoms with Gasteiger partial charge in [0.1, 0.15) is 0 Å². The number of aromatic amines is 1. The molecule has 0 saturated heterocycles. The molecule has 1 N–H and O–H groups in total. The van der Waals surface area contributed by atoms with Crippen LogP contribution in [0.5, 0.6) is 11.5 Å². The normalized spacial score (nSPS) is 10.7. The fourth-order valence-corrected chi connectivity index (χ4v) is 2.33. The Morgan fingerprint density at radius 1 is 1.24 bits per heavy atom. The lowest BCUT2D eigenvalue weighted by Gasteiger charge is -2.16. The van der Waals surface area contributed by atoms with Crippen LogP contribution in [0.1, 0.15) is 30.1 Å². The summed E-state index contributed by atoms with van der Waals surface area (Å²) in [5.41, 5.74) is 1.52. The first-order chi connectivity index (χ1) is 10.1. The van der Waals surface area contributed by atoms with E-state index in [1.165, 1.54) is 0 Å². The molecule has 2 rings (SSSR count). The van der Waals surface area contributed by atoms with Crippen molar-refractivity contribution >= 4 is 16.8 Å². The summed E-state index contributed by atoms with van der Waals surface area (Å²) in [6, 6.07) is 3.68. The van der Waals surface area contributed by atoms with Gasteiger partial charge in [-0.05, 0) is 12.5 Å². The highest BCUT2D eigenvalue weighted by Crippen LogP contribution is 2.33. The van der Waals surface area contributed by atoms with Crippen LogP contribution in [0, 0.1) is 0 Å². The highest BCUT2D eigenvalue weighted by molar-refractivity contribution is 6.07. The van der Waals surface area contributed by atoms with Crippen molar-refractivity contribution in [1.82, 2.24) is 9.88 Å². The summed E-state index contributed by atoms with van der Waals surface area (Å²) in [5.74, 6) is 1.28. The van der Waals surface area contributed by atoms with E-state index in [-0.39, 0.29) is 5.91 Å². The Labute approximate surface area is 124 Å². The molecular weight excluding hydrogens is 268 g/mol. The molecule has 0 unspecified atom stereocenters. The van der Waals surface area contributed by atoms with Gasteiger partial charge in [0, 0.05) is 31.2 Å². The molecule has 1 heterocycles. The second kappa shape index (κ2) is 6.52. The van der Waals surface area contributed by atoms with Crippen LogP contribution in [0.4, 0.5) is 0 Å². The number of nitrogens with one attached hydrogen (secondary N) is 1. The third kappa shape index (κ3) is 2.96. The molecule has 5 nitrogen and oxygen atoms in total. The number of hydrogen-bond donors (Lipinski definition) is 1. The van der Waals surface area contributed by atoms with E-state index in [0.717, 1.165) is 30.3 Å². The lowest BCUT2D eigenvalue weighted by Crippen LogP contribution is -2.27. The molecule has 1 aromatic carbocycles. The second-order valence-electron chi connectivity index (χ2n) is 5.04. The Balaban J connectivity index is 2.39. The van der Waals surface area contributed by atoms with Gasteiger partial charge < -0.3 is 19.4 Å². The van der Waals surface area contributed by atoms with Crippen LogP contribution in [-0.2, 0) is 0 Å². The standard InChI is InChI=1S/C16H22N2O3/c1-5-6-7-18(2)16(19)12-10-17-13-9-15(21-4)14(20-3)8-11(12)13/h8-10,17H,5-7H2,1-4H3. The Morgan fingerprint density at radius 2 is 1.90 bits per heavy atom. The van der Waals surface area contributed by atoms with Crippen molar-refractivity contribution in [3.63, 3.8) is 0 Å². The highest BCUT2D eigenvalue weighted by Gasteiger charge is 2.18. The number of H-pyrrole nitrogens is 1. The monoisotopic (exact) mass is 290 g/mol. The smallest absolute Gasteiger partial charge is 0.255 e. The summed E-state index contributed by atoms with van der Waals surface area (Å²) in [4.78, 5) is 17.4. The van der Waals surface area contributed by atoms with Crippen molar-refractivity contribution in [2.24, 2.45) is 0 Å². The van der Waals surface area contributed by atoms with Crippen LogP contribution in [0.3, 0.4) is 0 Å². The Hall–Kier alpha value is -2.17. The summed E-state index contributed by atoms with van der Waals surface area (Å²) in [6.07, 6.45) is 3.81. The number of carbonyl (C=O) groups excluding carboxylic acids is 1. The summed E-state index contributed by atoms with van der Waals surface area (Å²) in [6.45, 7) is 2.87. The number of aromatic nitrogens is 1. The zero-order valence-corrected chi connectivity index (χ0v) is 13.0. The third-order valence-corrected chi connectivity index (χ3v) is 3.61. The second-order valence-corrected chi connectivity index (χ2v) is 5.04. The summed E-state index contributed by atoms with van der Waals surface area (Å²) in [5, 5.41) is 0.848. The van der Waals surface area contributed by atoms with Gasteiger partial charge in [0.05, 0.1) is 25.3 Å². The van der Waals surface area contributed by atoms with E-state index in [2.05, 4.69) is 11.9 Å². The maximum atomic E-state index is 12.5. The molecule has 114 valence electrons. The average molecular weight is 290 g/mol. The van der Waals surface area contributed by atoms with Gasteiger partial charge in [-0.2, -0.15) is 0 Å². The number of rotatable bonds is 6. The zero-order valence-electron chi connectivity index (χ0n) is 13.0. The van der Waals surface area contributed by atoms with Crippen molar-refractivity contribution in [1.29, 1.82) is 0 Å². The summed E-state index contributed by atoms with van der Waals surface area (Å²) in [7, 11) is 5.01. The van der Waals surface area contributed by atoms with Gasteiger partial charge in [-0.3, -0.25) is 4.79 Å². The molecule has 0 fully saturated rings. The minimum atomic E-state index is 0.0157. The number of carbonyl (C=O) groups is 1. The molecule has 0 aliphatic rings. The molecule has 5 heteroatoms. The molecule has 0 atom stereocenters. The predicted octanol–water partition coefficient (Wildman–Crippen LogP) is 3.06. The maximum Gasteiger partial charge on any atom is 0.255 e. The predicted molar refractivity (Wildman–Crippen MR) is 83.3 cm³/mol. The van der Waals surface area contributed by atoms with E-state index in [1.54, 1.807) is 25.3 Å². The van der Waals surface area contributed by atoms with Crippen LogP contribution < -0.4 is 9.47 Å². The number of benzene rings is 1. The van der Waals surface area contributed by atoms with Crippen molar-refractivity contribution in [3.05, 3.63) is 23.9 Å². The average Bonchev–Trinajstić information content (AvgIpc) is 2.92. The highest BCUT2D eigenvalue weighted by atomic mass is 16.5. The molecule has 0 aliphatic heterocycles. The van der Waals surface area contributed by atoms with Gasteiger partial charge >= 0.3 is 0 Å². The number of ether oxygens (including phenoxy) is 2. The molecule has 1 aromatic heterocycles. The SMILES string of the molecule is CCCCN(C)C(=O)c1c[nH]c2cc(OC)c(OC)cc12. The fraction of sp³-hybridized carbons (Fsp3) is 0.438. The molecule has 0 saturated carbocycles. The quantitative estimate of drug-likeness (QED) is 0.889. The maximum absolute atomic E-state index is 12.5. The summed E-state index contributed by atoms with van der Waals surface area (Å²) >= 11 is 0. The van der Waals surface area contributed by atoms with E-state index in [1.807, 2.05) is 19.2 Å². The summed E-state index contributed by atoms with van der Waals surface area (Å²) < 4.78 is 10.6. The van der Waals surface area contributed by atoms with Crippen molar-refractivity contribution < 1.29 is 14.3 Å². The lowest BCUT2D eigenvalue weighted by atomic mass is 10.1. The molecule has 0 bridgehead atoms. The van der Waals surface area contributed by atoms with E-state index in [0.29, 0.717) is 17.1 Å². The van der Waals surface area contributed by atoms with Crippen molar-refractivity contribution in [2.45, 2.75) is 19.8 Å². The van der Waals surface area contributed by atoms with Gasteiger partial charge in [-0.25, -0.2) is 0 Å².